The van der Waals surface area contributed by atoms with Crippen molar-refractivity contribution in [2.24, 2.45) is 7.05 Å². The van der Waals surface area contributed by atoms with Gasteiger partial charge < -0.3 is 9.64 Å². The molecule has 1 fully saturated rings. The van der Waals surface area contributed by atoms with Crippen LogP contribution in [0.15, 0.2) is 48.8 Å². The molecule has 10 heteroatoms. The number of piperidine rings is 1. The van der Waals surface area contributed by atoms with Crippen molar-refractivity contribution >= 4 is 5.91 Å². The number of carbonyl (C=O) groups excluding carboxylic acids is 1. The van der Waals surface area contributed by atoms with Crippen LogP contribution >= 0.6 is 0 Å². The van der Waals surface area contributed by atoms with Gasteiger partial charge in [0, 0.05) is 24.2 Å². The van der Waals surface area contributed by atoms with E-state index in [1.807, 2.05) is 23.1 Å². The Bertz CT molecular complexity index is 1440. The number of carbonyl (C=O) groups is 1. The Labute approximate surface area is 206 Å². The molecular weight excluding hydrogens is 466 g/mol. The molecule has 0 aliphatic carbocycles. The van der Waals surface area contributed by atoms with Crippen LogP contribution in [0.3, 0.4) is 0 Å². The summed E-state index contributed by atoms with van der Waals surface area (Å²) < 4.78 is 35.6. The topological polar surface area (TPSA) is 78.1 Å². The molecule has 6 rings (SSSR count). The molecule has 0 N–H and O–H groups in total. The van der Waals surface area contributed by atoms with Gasteiger partial charge in [0.1, 0.15) is 0 Å². The summed E-state index contributed by atoms with van der Waals surface area (Å²) in [6.45, 7) is 0. The molecule has 2 aliphatic rings. The highest BCUT2D eigenvalue weighted by atomic mass is 19.1. The summed E-state index contributed by atoms with van der Waals surface area (Å²) in [7, 11) is 3.00. The lowest BCUT2D eigenvalue weighted by Gasteiger charge is -2.45. The van der Waals surface area contributed by atoms with E-state index in [2.05, 4.69) is 10.2 Å². The number of rotatable bonds is 4. The van der Waals surface area contributed by atoms with Crippen LogP contribution in [0.1, 0.15) is 46.9 Å². The number of para-hydroxylation sites is 1. The largest absolute Gasteiger partial charge is 0.491 e. The predicted molar refractivity (Wildman–Crippen MR) is 127 cm³/mol. The number of halogens is 2. The molecule has 0 unspecified atom stereocenters. The van der Waals surface area contributed by atoms with Gasteiger partial charge in [-0.3, -0.25) is 9.48 Å². The Morgan fingerprint density at radius 1 is 1.08 bits per heavy atom. The number of aromatic nitrogens is 5. The van der Waals surface area contributed by atoms with Gasteiger partial charge in [0.2, 0.25) is 0 Å². The van der Waals surface area contributed by atoms with E-state index in [-0.39, 0.29) is 18.0 Å². The molecule has 0 spiro atoms. The first-order chi connectivity index (χ1) is 17.5. The molecule has 184 valence electrons. The van der Waals surface area contributed by atoms with Crippen molar-refractivity contribution < 1.29 is 18.3 Å². The Balaban J connectivity index is 1.43. The zero-order valence-electron chi connectivity index (χ0n) is 19.9. The van der Waals surface area contributed by atoms with Crippen LogP contribution in [-0.2, 0) is 13.5 Å². The van der Waals surface area contributed by atoms with Gasteiger partial charge in [-0.1, -0.05) is 12.1 Å². The molecule has 2 aromatic heterocycles. The number of methoxy groups -OCH3 is 1. The van der Waals surface area contributed by atoms with Crippen molar-refractivity contribution in [1.82, 2.24) is 29.7 Å². The Morgan fingerprint density at radius 2 is 1.81 bits per heavy atom. The van der Waals surface area contributed by atoms with E-state index in [1.165, 1.54) is 24.0 Å². The van der Waals surface area contributed by atoms with E-state index >= 15 is 0 Å². The summed E-state index contributed by atoms with van der Waals surface area (Å²) in [5.41, 5.74) is 3.91. The summed E-state index contributed by atoms with van der Waals surface area (Å²) in [5.74, 6) is -2.04. The highest BCUT2D eigenvalue weighted by Crippen LogP contribution is 2.45. The number of ether oxygens (including phenoxy) is 1. The van der Waals surface area contributed by atoms with Crippen LogP contribution in [0.4, 0.5) is 8.78 Å². The zero-order valence-corrected chi connectivity index (χ0v) is 19.9. The number of hydrogen-bond acceptors (Lipinski definition) is 5. The fourth-order valence-corrected chi connectivity index (χ4v) is 5.71. The lowest BCUT2D eigenvalue weighted by atomic mass is 9.81. The molecule has 2 atom stereocenters. The standard InChI is InChI=1S/C26H24F2N6O2/c1-32-24(15-12-19(27)25(36-2)20(28)13-15)18-14-16-6-5-9-22(23(18)31-32)33(16)26(35)17-7-3-4-8-21(17)34-29-10-11-30-34/h3-4,7-8,10-13,16,22H,5-6,9,14H2,1-2H3/t16-,22+/m0/s1. The average Bonchev–Trinajstić information content (AvgIpc) is 3.51. The normalized spacial score (nSPS) is 18.7. The van der Waals surface area contributed by atoms with E-state index in [9.17, 15) is 13.6 Å². The third kappa shape index (κ3) is 3.39. The maximum atomic E-state index is 14.5. The summed E-state index contributed by atoms with van der Waals surface area (Å²) in [4.78, 5) is 17.3. The Hall–Kier alpha value is -4.08. The van der Waals surface area contributed by atoms with Gasteiger partial charge in [0.25, 0.3) is 5.91 Å². The molecule has 1 saturated heterocycles. The SMILES string of the molecule is COc1c(F)cc(-c2c3c(nn2C)[C@H]2CCC[C@@H](C3)N2C(=O)c2ccccc2-n2nccn2)cc1F. The van der Waals surface area contributed by atoms with Crippen LogP contribution in [0.5, 0.6) is 5.75 Å². The minimum atomic E-state index is -0.765. The molecule has 1 amide bonds. The molecule has 0 radical (unpaired) electrons. The lowest BCUT2D eigenvalue weighted by Crippen LogP contribution is -2.50. The van der Waals surface area contributed by atoms with Crippen LogP contribution < -0.4 is 4.74 Å². The number of hydrogen-bond donors (Lipinski definition) is 0. The molecule has 2 aliphatic heterocycles. The number of benzene rings is 2. The molecule has 8 nitrogen and oxygen atoms in total. The van der Waals surface area contributed by atoms with Crippen LogP contribution in [0, 0.1) is 11.6 Å². The molecule has 2 aromatic carbocycles. The second kappa shape index (κ2) is 8.54. The first kappa shape index (κ1) is 22.4. The van der Waals surface area contributed by atoms with Gasteiger partial charge in [-0.05, 0) is 49.9 Å². The van der Waals surface area contributed by atoms with Crippen molar-refractivity contribution in [3.8, 4) is 22.7 Å². The maximum Gasteiger partial charge on any atom is 0.256 e. The van der Waals surface area contributed by atoms with Crippen LogP contribution in [0.25, 0.3) is 16.9 Å². The number of nitrogens with zero attached hydrogens (tertiary/aromatic N) is 6. The minimum absolute atomic E-state index is 0.0571. The second-order valence-corrected chi connectivity index (χ2v) is 9.16. The lowest BCUT2D eigenvalue weighted by molar-refractivity contribution is 0.0391. The molecule has 4 heterocycles. The first-order valence-electron chi connectivity index (χ1n) is 11.9. The number of amides is 1. The smallest absolute Gasteiger partial charge is 0.256 e. The minimum Gasteiger partial charge on any atom is -0.491 e. The zero-order chi connectivity index (χ0) is 25.0. The molecule has 36 heavy (non-hydrogen) atoms. The highest BCUT2D eigenvalue weighted by Gasteiger charge is 2.44. The summed E-state index contributed by atoms with van der Waals surface area (Å²) in [6.07, 6.45) is 6.27. The van der Waals surface area contributed by atoms with E-state index < -0.39 is 17.4 Å². The molecule has 2 bridgehead atoms. The summed E-state index contributed by atoms with van der Waals surface area (Å²) in [5, 5.41) is 13.2. The van der Waals surface area contributed by atoms with Gasteiger partial charge >= 0.3 is 0 Å². The van der Waals surface area contributed by atoms with Gasteiger partial charge in [-0.2, -0.15) is 20.1 Å². The quantitative estimate of drug-likeness (QED) is 0.428. The van der Waals surface area contributed by atoms with E-state index in [0.717, 1.165) is 30.5 Å². The third-order valence-corrected chi connectivity index (χ3v) is 7.15. The van der Waals surface area contributed by atoms with Crippen LogP contribution in [-0.4, -0.2) is 48.7 Å². The van der Waals surface area contributed by atoms with Gasteiger partial charge in [-0.15, -0.1) is 0 Å². The fraction of sp³-hybridized carbons (Fsp3) is 0.308. The number of aryl methyl sites for hydroxylation is 1. The van der Waals surface area contributed by atoms with Gasteiger partial charge in [0.05, 0.1) is 48.2 Å². The third-order valence-electron chi connectivity index (χ3n) is 7.15. The van der Waals surface area contributed by atoms with E-state index in [1.54, 1.807) is 30.2 Å². The first-order valence-corrected chi connectivity index (χ1v) is 11.9. The van der Waals surface area contributed by atoms with Gasteiger partial charge in [-0.25, -0.2) is 8.78 Å². The van der Waals surface area contributed by atoms with Crippen molar-refractivity contribution in [3.63, 3.8) is 0 Å². The predicted octanol–water partition coefficient (Wildman–Crippen LogP) is 4.25. The highest BCUT2D eigenvalue weighted by molar-refractivity contribution is 5.98. The van der Waals surface area contributed by atoms with Crippen LogP contribution in [0.2, 0.25) is 0 Å². The van der Waals surface area contributed by atoms with Crippen molar-refractivity contribution in [3.05, 3.63) is 77.2 Å². The number of fused-ring (bicyclic) bond motifs is 4. The maximum absolute atomic E-state index is 14.5. The Kier molecular flexibility index (Phi) is 5.31. The van der Waals surface area contributed by atoms with Crippen molar-refractivity contribution in [2.45, 2.75) is 37.8 Å². The summed E-state index contributed by atoms with van der Waals surface area (Å²) >= 11 is 0. The second-order valence-electron chi connectivity index (χ2n) is 9.16. The average molecular weight is 491 g/mol. The van der Waals surface area contributed by atoms with Crippen molar-refractivity contribution in [1.29, 1.82) is 0 Å². The molecule has 0 saturated carbocycles. The Morgan fingerprint density at radius 3 is 2.53 bits per heavy atom. The van der Waals surface area contributed by atoms with Crippen molar-refractivity contribution in [2.75, 3.05) is 7.11 Å². The van der Waals surface area contributed by atoms with E-state index in [4.69, 9.17) is 9.84 Å². The van der Waals surface area contributed by atoms with Gasteiger partial charge in [0.15, 0.2) is 17.4 Å². The summed E-state index contributed by atoms with van der Waals surface area (Å²) in [6, 6.07) is 9.56. The molecular formula is C26H24F2N6O2. The fourth-order valence-electron chi connectivity index (χ4n) is 5.71. The van der Waals surface area contributed by atoms with E-state index in [0.29, 0.717) is 28.9 Å². The molecule has 4 aromatic rings. The monoisotopic (exact) mass is 490 g/mol.